The van der Waals surface area contributed by atoms with Crippen LogP contribution in [0.15, 0.2) is 18.2 Å². The highest BCUT2D eigenvalue weighted by Gasteiger charge is 2.20. The van der Waals surface area contributed by atoms with Crippen molar-refractivity contribution < 1.29 is 9.50 Å². The highest BCUT2D eigenvalue weighted by atomic mass is 19.1. The predicted octanol–water partition coefficient (Wildman–Crippen LogP) is 3.51. The summed E-state index contributed by atoms with van der Waals surface area (Å²) in [5.74, 6) is 0.574. The zero-order chi connectivity index (χ0) is 13.1. The van der Waals surface area contributed by atoms with E-state index >= 15 is 0 Å². The first kappa shape index (κ1) is 13.3. The molecule has 0 spiro atoms. The van der Waals surface area contributed by atoms with Gasteiger partial charge < -0.3 is 10.0 Å². The van der Waals surface area contributed by atoms with Gasteiger partial charge in [-0.1, -0.05) is 19.4 Å². The number of aliphatic hydroxyl groups excluding tert-OH is 1. The van der Waals surface area contributed by atoms with Crippen LogP contribution in [0.1, 0.15) is 44.8 Å². The molecule has 0 amide bonds. The molecule has 0 bridgehead atoms. The van der Waals surface area contributed by atoms with E-state index in [0.717, 1.165) is 31.8 Å². The minimum atomic E-state index is -0.612. The van der Waals surface area contributed by atoms with Crippen LogP contribution in [0.2, 0.25) is 0 Å². The van der Waals surface area contributed by atoms with Crippen molar-refractivity contribution in [2.45, 2.75) is 39.2 Å². The fourth-order valence-electron chi connectivity index (χ4n) is 2.62. The maximum absolute atomic E-state index is 14.0. The summed E-state index contributed by atoms with van der Waals surface area (Å²) in [5.41, 5.74) is 1.31. The first-order chi connectivity index (χ1) is 8.61. The molecule has 0 radical (unpaired) electrons. The minimum absolute atomic E-state index is 0.219. The number of halogens is 1. The molecule has 1 aromatic rings. The molecular formula is C15H22FNO. The van der Waals surface area contributed by atoms with E-state index in [1.165, 1.54) is 12.5 Å². The van der Waals surface area contributed by atoms with Crippen molar-refractivity contribution in [3.05, 3.63) is 29.6 Å². The second kappa shape index (κ2) is 5.70. The van der Waals surface area contributed by atoms with E-state index in [9.17, 15) is 9.50 Å². The van der Waals surface area contributed by atoms with Crippen LogP contribution in [0.3, 0.4) is 0 Å². The Morgan fingerprint density at radius 3 is 2.56 bits per heavy atom. The standard InChI is InChI=1S/C15H22FNO/c1-3-12-6-8-17(9-7-12)15-5-4-13(11(2)18)10-14(15)16/h4-5,10-12,18H,3,6-9H2,1-2H3/t11-/m1/s1. The van der Waals surface area contributed by atoms with Crippen molar-refractivity contribution in [1.29, 1.82) is 0 Å². The van der Waals surface area contributed by atoms with Crippen LogP contribution in [0, 0.1) is 11.7 Å². The summed E-state index contributed by atoms with van der Waals surface area (Å²) >= 11 is 0. The average molecular weight is 251 g/mol. The van der Waals surface area contributed by atoms with Gasteiger partial charge in [-0.05, 0) is 43.4 Å². The lowest BCUT2D eigenvalue weighted by Crippen LogP contribution is -2.34. The Labute approximate surface area is 108 Å². The summed E-state index contributed by atoms with van der Waals surface area (Å²) in [6, 6.07) is 5.06. The van der Waals surface area contributed by atoms with Gasteiger partial charge in [0.2, 0.25) is 0 Å². The molecule has 0 aliphatic carbocycles. The van der Waals surface area contributed by atoms with E-state index in [1.807, 2.05) is 6.07 Å². The summed E-state index contributed by atoms with van der Waals surface area (Å²) in [6.45, 7) is 5.74. The number of hydrogen-bond acceptors (Lipinski definition) is 2. The highest BCUT2D eigenvalue weighted by molar-refractivity contribution is 5.49. The van der Waals surface area contributed by atoms with E-state index in [1.54, 1.807) is 13.0 Å². The van der Waals surface area contributed by atoms with Gasteiger partial charge in [-0.25, -0.2) is 4.39 Å². The van der Waals surface area contributed by atoms with Gasteiger partial charge >= 0.3 is 0 Å². The molecule has 2 nitrogen and oxygen atoms in total. The summed E-state index contributed by atoms with van der Waals surface area (Å²) in [6.07, 6.45) is 2.90. The van der Waals surface area contributed by atoms with Crippen LogP contribution in [0.5, 0.6) is 0 Å². The second-order valence-corrected chi connectivity index (χ2v) is 5.23. The molecule has 1 fully saturated rings. The molecule has 0 unspecified atom stereocenters. The van der Waals surface area contributed by atoms with Crippen molar-refractivity contribution in [3.8, 4) is 0 Å². The van der Waals surface area contributed by atoms with Gasteiger partial charge in [0.25, 0.3) is 0 Å². The normalized spacial score (nSPS) is 19.0. The Morgan fingerprint density at radius 1 is 1.39 bits per heavy atom. The first-order valence-corrected chi connectivity index (χ1v) is 6.84. The molecule has 1 N–H and O–H groups in total. The summed E-state index contributed by atoms with van der Waals surface area (Å²) in [7, 11) is 0. The van der Waals surface area contributed by atoms with Crippen molar-refractivity contribution in [3.63, 3.8) is 0 Å². The van der Waals surface area contributed by atoms with Gasteiger partial charge in [-0.15, -0.1) is 0 Å². The van der Waals surface area contributed by atoms with E-state index in [0.29, 0.717) is 11.3 Å². The molecule has 0 saturated carbocycles. The zero-order valence-corrected chi connectivity index (χ0v) is 11.2. The van der Waals surface area contributed by atoms with Crippen molar-refractivity contribution in [2.75, 3.05) is 18.0 Å². The summed E-state index contributed by atoms with van der Waals surface area (Å²) < 4.78 is 14.0. The molecule has 3 heteroatoms. The third-order valence-corrected chi connectivity index (χ3v) is 3.99. The average Bonchev–Trinajstić information content (AvgIpc) is 2.38. The third kappa shape index (κ3) is 2.83. The van der Waals surface area contributed by atoms with E-state index < -0.39 is 6.10 Å². The molecule has 100 valence electrons. The smallest absolute Gasteiger partial charge is 0.146 e. The van der Waals surface area contributed by atoms with Crippen LogP contribution in [-0.4, -0.2) is 18.2 Å². The van der Waals surface area contributed by atoms with Crippen LogP contribution in [0.4, 0.5) is 10.1 Å². The number of hydrogen-bond donors (Lipinski definition) is 1. The van der Waals surface area contributed by atoms with E-state index in [4.69, 9.17) is 0 Å². The Bertz CT molecular complexity index is 397. The van der Waals surface area contributed by atoms with Gasteiger partial charge in [-0.2, -0.15) is 0 Å². The number of piperidine rings is 1. The Balaban J connectivity index is 2.10. The van der Waals surface area contributed by atoms with Crippen LogP contribution in [0.25, 0.3) is 0 Å². The van der Waals surface area contributed by atoms with Crippen LogP contribution in [-0.2, 0) is 0 Å². The Kier molecular flexibility index (Phi) is 4.23. The lowest BCUT2D eigenvalue weighted by Gasteiger charge is -2.33. The molecule has 1 aromatic carbocycles. The number of nitrogens with zero attached hydrogens (tertiary/aromatic N) is 1. The molecule has 18 heavy (non-hydrogen) atoms. The molecule has 0 aromatic heterocycles. The predicted molar refractivity (Wildman–Crippen MR) is 72.3 cm³/mol. The van der Waals surface area contributed by atoms with Gasteiger partial charge in [-0.3, -0.25) is 0 Å². The molecule has 1 aliphatic heterocycles. The second-order valence-electron chi connectivity index (χ2n) is 5.23. The third-order valence-electron chi connectivity index (χ3n) is 3.99. The molecule has 1 atom stereocenters. The topological polar surface area (TPSA) is 23.5 Å². The van der Waals surface area contributed by atoms with E-state index in [2.05, 4.69) is 11.8 Å². The molecular weight excluding hydrogens is 229 g/mol. The number of benzene rings is 1. The maximum atomic E-state index is 14.0. The quantitative estimate of drug-likeness (QED) is 0.888. The molecule has 2 rings (SSSR count). The zero-order valence-electron chi connectivity index (χ0n) is 11.2. The van der Waals surface area contributed by atoms with Crippen molar-refractivity contribution in [1.82, 2.24) is 0 Å². The Hall–Kier alpha value is -1.09. The number of rotatable bonds is 3. The maximum Gasteiger partial charge on any atom is 0.146 e. The van der Waals surface area contributed by atoms with Gasteiger partial charge in [0, 0.05) is 13.1 Å². The van der Waals surface area contributed by atoms with Gasteiger partial charge in [0.05, 0.1) is 11.8 Å². The lowest BCUT2D eigenvalue weighted by molar-refractivity contribution is 0.199. The highest BCUT2D eigenvalue weighted by Crippen LogP contribution is 2.28. The first-order valence-electron chi connectivity index (χ1n) is 6.84. The minimum Gasteiger partial charge on any atom is -0.389 e. The van der Waals surface area contributed by atoms with Gasteiger partial charge in [0.15, 0.2) is 0 Å². The molecule has 1 heterocycles. The van der Waals surface area contributed by atoms with Gasteiger partial charge in [0.1, 0.15) is 5.82 Å². The van der Waals surface area contributed by atoms with Crippen molar-refractivity contribution >= 4 is 5.69 Å². The van der Waals surface area contributed by atoms with Crippen LogP contribution < -0.4 is 4.90 Å². The van der Waals surface area contributed by atoms with Crippen molar-refractivity contribution in [2.24, 2.45) is 5.92 Å². The fourth-order valence-corrected chi connectivity index (χ4v) is 2.62. The summed E-state index contributed by atoms with van der Waals surface area (Å²) in [5, 5.41) is 9.44. The van der Waals surface area contributed by atoms with Crippen LogP contribution >= 0.6 is 0 Å². The largest absolute Gasteiger partial charge is 0.389 e. The molecule has 1 aliphatic rings. The fraction of sp³-hybridized carbons (Fsp3) is 0.600. The summed E-state index contributed by atoms with van der Waals surface area (Å²) in [4.78, 5) is 2.12. The van der Waals surface area contributed by atoms with E-state index in [-0.39, 0.29) is 5.82 Å². The SMILES string of the molecule is CCC1CCN(c2ccc([C@@H](C)O)cc2F)CC1. The number of anilines is 1. The monoisotopic (exact) mass is 251 g/mol. The molecule has 1 saturated heterocycles. The lowest BCUT2D eigenvalue weighted by atomic mass is 9.94. The number of aliphatic hydroxyl groups is 1. The Morgan fingerprint density at radius 2 is 2.06 bits per heavy atom.